The maximum Gasteiger partial charge on any atom is 0.227 e. The van der Waals surface area contributed by atoms with Gasteiger partial charge in [-0.05, 0) is 26.4 Å². The summed E-state index contributed by atoms with van der Waals surface area (Å²) in [5, 5.41) is 0. The molecule has 0 aliphatic carbocycles. The average Bonchev–Trinajstić information content (AvgIpc) is 2.27. The van der Waals surface area contributed by atoms with E-state index in [9.17, 15) is 4.79 Å². The molecule has 1 aliphatic rings. The molecule has 1 heterocycles. The van der Waals surface area contributed by atoms with Crippen molar-refractivity contribution in [3.05, 3.63) is 0 Å². The number of hydrogen-bond donors (Lipinski definition) is 0. The third kappa shape index (κ3) is 5.40. The van der Waals surface area contributed by atoms with Crippen molar-refractivity contribution in [3.63, 3.8) is 0 Å². The molecule has 0 bridgehead atoms. The monoisotopic (exact) mass is 367 g/mol. The largest absolute Gasteiger partial charge is 0.340 e. The molecule has 0 spiro atoms. The standard InChI is InChI=1S/C13H26IN3O/c1-11(2)9-12(10-15(3)4)13(18)16-5-7-17(14)8-6-16/h11-12H,5-10H2,1-4H3. The summed E-state index contributed by atoms with van der Waals surface area (Å²) < 4.78 is 2.25. The number of amides is 1. The summed E-state index contributed by atoms with van der Waals surface area (Å²) in [7, 11) is 4.09. The first kappa shape index (κ1) is 16.2. The van der Waals surface area contributed by atoms with E-state index in [1.807, 2.05) is 19.0 Å². The van der Waals surface area contributed by atoms with Gasteiger partial charge in [-0.3, -0.25) is 4.79 Å². The van der Waals surface area contributed by atoms with Crippen molar-refractivity contribution in [2.45, 2.75) is 20.3 Å². The fourth-order valence-electron chi connectivity index (χ4n) is 2.42. The predicted molar refractivity (Wildman–Crippen MR) is 83.7 cm³/mol. The lowest BCUT2D eigenvalue weighted by atomic mass is 9.95. The van der Waals surface area contributed by atoms with Crippen LogP contribution in [0.15, 0.2) is 0 Å². The van der Waals surface area contributed by atoms with Crippen LogP contribution in [0.3, 0.4) is 0 Å². The van der Waals surface area contributed by atoms with E-state index in [0.717, 1.165) is 39.1 Å². The average molecular weight is 367 g/mol. The van der Waals surface area contributed by atoms with E-state index >= 15 is 0 Å². The van der Waals surface area contributed by atoms with Gasteiger partial charge in [-0.25, -0.2) is 3.11 Å². The Labute approximate surface area is 125 Å². The van der Waals surface area contributed by atoms with Crippen LogP contribution in [-0.4, -0.2) is 65.6 Å². The molecule has 1 saturated heterocycles. The molecule has 106 valence electrons. The van der Waals surface area contributed by atoms with Crippen molar-refractivity contribution in [3.8, 4) is 0 Å². The summed E-state index contributed by atoms with van der Waals surface area (Å²) in [5.41, 5.74) is 0. The molecular formula is C13H26IN3O. The number of rotatable bonds is 5. The number of piperazine rings is 1. The minimum absolute atomic E-state index is 0.153. The van der Waals surface area contributed by atoms with E-state index < -0.39 is 0 Å². The molecule has 1 amide bonds. The Morgan fingerprint density at radius 3 is 2.22 bits per heavy atom. The molecule has 1 unspecified atom stereocenters. The first-order valence-corrected chi connectivity index (χ1v) is 7.71. The normalized spacial score (nSPS) is 19.6. The van der Waals surface area contributed by atoms with Gasteiger partial charge in [0.15, 0.2) is 0 Å². The van der Waals surface area contributed by atoms with Crippen LogP contribution >= 0.6 is 22.9 Å². The van der Waals surface area contributed by atoms with Crippen LogP contribution in [0, 0.1) is 11.8 Å². The third-order valence-corrected chi connectivity index (χ3v) is 4.19. The van der Waals surface area contributed by atoms with Crippen LogP contribution in [0.2, 0.25) is 0 Å². The molecule has 5 heteroatoms. The summed E-state index contributed by atoms with van der Waals surface area (Å²) in [5.74, 6) is 1.08. The third-order valence-electron chi connectivity index (χ3n) is 3.23. The number of halogens is 1. The van der Waals surface area contributed by atoms with Crippen molar-refractivity contribution in [1.82, 2.24) is 12.9 Å². The molecule has 18 heavy (non-hydrogen) atoms. The second kappa shape index (κ2) is 7.65. The highest BCUT2D eigenvalue weighted by Gasteiger charge is 2.27. The van der Waals surface area contributed by atoms with E-state index in [4.69, 9.17) is 0 Å². The molecule has 1 rings (SSSR count). The molecule has 0 aromatic carbocycles. The quantitative estimate of drug-likeness (QED) is 0.547. The van der Waals surface area contributed by atoms with Crippen LogP contribution < -0.4 is 0 Å². The lowest BCUT2D eigenvalue weighted by molar-refractivity contribution is -0.137. The summed E-state index contributed by atoms with van der Waals surface area (Å²) in [6.45, 7) is 8.98. The summed E-state index contributed by atoms with van der Waals surface area (Å²) in [6.07, 6.45) is 0.988. The Morgan fingerprint density at radius 1 is 1.22 bits per heavy atom. The minimum atomic E-state index is 0.153. The van der Waals surface area contributed by atoms with Crippen molar-refractivity contribution >= 4 is 28.8 Å². The predicted octanol–water partition coefficient (Wildman–Crippen LogP) is 1.70. The van der Waals surface area contributed by atoms with E-state index in [-0.39, 0.29) is 5.92 Å². The molecular weight excluding hydrogens is 341 g/mol. The molecule has 0 radical (unpaired) electrons. The van der Waals surface area contributed by atoms with Gasteiger partial charge in [-0.15, -0.1) is 0 Å². The molecule has 0 saturated carbocycles. The summed E-state index contributed by atoms with van der Waals surface area (Å²) in [6, 6.07) is 0. The van der Waals surface area contributed by atoms with Crippen LogP contribution in [0.1, 0.15) is 20.3 Å². The Balaban J connectivity index is 2.57. The second-order valence-corrected chi connectivity index (χ2v) is 7.19. The van der Waals surface area contributed by atoms with Gasteiger partial charge >= 0.3 is 0 Å². The summed E-state index contributed by atoms with van der Waals surface area (Å²) in [4.78, 5) is 16.7. The Hall–Kier alpha value is 0.120. The smallest absolute Gasteiger partial charge is 0.227 e. The van der Waals surface area contributed by atoms with E-state index in [1.54, 1.807) is 0 Å². The maximum absolute atomic E-state index is 12.6. The van der Waals surface area contributed by atoms with Crippen LogP contribution in [-0.2, 0) is 4.79 Å². The lowest BCUT2D eigenvalue weighted by Crippen LogP contribution is -2.49. The Kier molecular flexibility index (Phi) is 6.87. The molecule has 4 nitrogen and oxygen atoms in total. The van der Waals surface area contributed by atoms with Crippen LogP contribution in [0.5, 0.6) is 0 Å². The molecule has 1 fully saturated rings. The fourth-order valence-corrected chi connectivity index (χ4v) is 2.86. The highest BCUT2D eigenvalue weighted by molar-refractivity contribution is 14.1. The van der Waals surface area contributed by atoms with Gasteiger partial charge in [0.2, 0.25) is 5.91 Å². The van der Waals surface area contributed by atoms with Gasteiger partial charge in [0, 0.05) is 55.6 Å². The molecule has 1 atom stereocenters. The number of hydrogen-bond acceptors (Lipinski definition) is 3. The highest BCUT2D eigenvalue weighted by atomic mass is 127. The van der Waals surface area contributed by atoms with Gasteiger partial charge in [0.05, 0.1) is 5.92 Å². The first-order valence-electron chi connectivity index (χ1n) is 6.74. The van der Waals surface area contributed by atoms with Crippen molar-refractivity contribution in [2.24, 2.45) is 11.8 Å². The summed E-state index contributed by atoms with van der Waals surface area (Å²) >= 11 is 2.33. The topological polar surface area (TPSA) is 26.8 Å². The van der Waals surface area contributed by atoms with Gasteiger partial charge in [0.25, 0.3) is 0 Å². The highest BCUT2D eigenvalue weighted by Crippen LogP contribution is 2.17. The van der Waals surface area contributed by atoms with Gasteiger partial charge in [-0.1, -0.05) is 13.8 Å². The Bertz CT molecular complexity index is 253. The van der Waals surface area contributed by atoms with Gasteiger partial charge in [0.1, 0.15) is 0 Å². The fraction of sp³-hybridized carbons (Fsp3) is 0.923. The van der Waals surface area contributed by atoms with E-state index in [2.05, 4.69) is 44.7 Å². The first-order chi connectivity index (χ1) is 8.40. The van der Waals surface area contributed by atoms with E-state index in [1.165, 1.54) is 0 Å². The molecule has 1 aliphatic heterocycles. The second-order valence-electron chi connectivity index (χ2n) is 5.82. The van der Waals surface area contributed by atoms with Crippen molar-refractivity contribution < 1.29 is 4.79 Å². The van der Waals surface area contributed by atoms with Crippen molar-refractivity contribution in [2.75, 3.05) is 46.8 Å². The molecule has 0 N–H and O–H groups in total. The zero-order chi connectivity index (χ0) is 13.7. The van der Waals surface area contributed by atoms with Crippen LogP contribution in [0.4, 0.5) is 0 Å². The number of carbonyl (C=O) groups is 1. The molecule has 0 aromatic heterocycles. The van der Waals surface area contributed by atoms with Crippen LogP contribution in [0.25, 0.3) is 0 Å². The van der Waals surface area contributed by atoms with Gasteiger partial charge < -0.3 is 9.80 Å². The zero-order valence-corrected chi connectivity index (χ0v) is 14.2. The number of nitrogens with zero attached hydrogens (tertiary/aromatic N) is 3. The SMILES string of the molecule is CC(C)CC(CN(C)C)C(=O)N1CCN(I)CC1. The zero-order valence-electron chi connectivity index (χ0n) is 12.0. The lowest BCUT2D eigenvalue weighted by Gasteiger charge is -2.34. The number of carbonyl (C=O) groups excluding carboxylic acids is 1. The maximum atomic E-state index is 12.6. The van der Waals surface area contributed by atoms with Crippen molar-refractivity contribution in [1.29, 1.82) is 0 Å². The molecule has 0 aromatic rings. The van der Waals surface area contributed by atoms with E-state index in [0.29, 0.717) is 11.8 Å². The Morgan fingerprint density at radius 2 is 1.78 bits per heavy atom. The van der Waals surface area contributed by atoms with Gasteiger partial charge in [-0.2, -0.15) is 0 Å². The minimum Gasteiger partial charge on any atom is -0.340 e.